The van der Waals surface area contributed by atoms with Crippen LogP contribution in [0.3, 0.4) is 0 Å². The number of aliphatic hydroxyl groups is 4. The molecule has 0 heterocycles. The molecule has 5 N–H and O–H groups in total. The number of carbonyl (C=O) groups excluding carboxylic acids is 1. The quantitative estimate of drug-likeness (QED) is 0.255. The van der Waals surface area contributed by atoms with Gasteiger partial charge in [0.2, 0.25) is 0 Å². The fourth-order valence-electron chi connectivity index (χ4n) is 0.615. The minimum atomic E-state index is -2.25. The molecule has 0 aliphatic heterocycles. The van der Waals surface area contributed by atoms with E-state index in [9.17, 15) is 9.59 Å². The van der Waals surface area contributed by atoms with E-state index >= 15 is 0 Å². The number of carboxylic acids is 1. The van der Waals surface area contributed by atoms with E-state index in [0.717, 1.165) is 0 Å². The Balaban J connectivity index is 0. The Morgan fingerprint density at radius 2 is 1.50 bits per heavy atom. The van der Waals surface area contributed by atoms with Crippen LogP contribution in [0.25, 0.3) is 0 Å². The van der Waals surface area contributed by atoms with Crippen LogP contribution in [0.4, 0.5) is 0 Å². The number of hydrogen-bond acceptors (Lipinski definition) is 6. The average molecular weight is 264 g/mol. The number of aliphatic carboxylic acids is 1. The molecule has 0 saturated heterocycles. The van der Waals surface area contributed by atoms with Crippen LogP contribution in [0.1, 0.15) is 0 Å². The Morgan fingerprint density at radius 1 is 1.07 bits per heavy atom. The second-order valence-corrected chi connectivity index (χ2v) is 2.39. The maximum absolute atomic E-state index is 10.1. The molecule has 0 aliphatic rings. The minimum Gasteiger partial charge on any atom is -0.479 e. The smallest absolute Gasteiger partial charge is 0.335 e. The summed E-state index contributed by atoms with van der Waals surface area (Å²) in [4.78, 5) is 20.0. The van der Waals surface area contributed by atoms with Crippen molar-refractivity contribution in [3.63, 3.8) is 0 Å². The van der Waals surface area contributed by atoms with Crippen LogP contribution in [-0.2, 0) is 9.59 Å². The summed E-state index contributed by atoms with van der Waals surface area (Å²) in [5.74, 6) is -1.76. The maximum Gasteiger partial charge on any atom is 0.335 e. The van der Waals surface area contributed by atoms with Crippen molar-refractivity contribution in [2.45, 2.75) is 24.4 Å². The molecule has 0 aromatic carbocycles. The third-order valence-electron chi connectivity index (χ3n) is 1.42. The van der Waals surface area contributed by atoms with Crippen molar-refractivity contribution >= 4 is 32.0 Å². The molecule has 0 saturated carbocycles. The van der Waals surface area contributed by atoms with E-state index < -0.39 is 30.4 Å². The number of hydrogen-bond donors (Lipinski definition) is 5. The zero-order valence-corrected chi connectivity index (χ0v) is 9.44. The first kappa shape index (κ1) is 16.1. The van der Waals surface area contributed by atoms with Crippen LogP contribution in [-0.4, -0.2) is 82.0 Å². The van der Waals surface area contributed by atoms with Crippen LogP contribution < -0.4 is 0 Å². The molecule has 0 amide bonds. The molecule has 3 radical (unpaired) electrons. The Labute approximate surface area is 92.0 Å². The summed E-state index contributed by atoms with van der Waals surface area (Å²) in [5.41, 5.74) is 0. The Morgan fingerprint density at radius 3 is 1.79 bits per heavy atom. The predicted molar refractivity (Wildman–Crippen MR) is 43.5 cm³/mol. The number of rotatable bonds is 5. The van der Waals surface area contributed by atoms with Crippen molar-refractivity contribution in [2.75, 3.05) is 0 Å². The number of carbonyl (C=O) groups is 2. The molecular formula is C6H10GaO7. The summed E-state index contributed by atoms with van der Waals surface area (Å²) in [6.45, 7) is 0. The van der Waals surface area contributed by atoms with E-state index in [1.807, 2.05) is 0 Å². The molecule has 0 bridgehead atoms. The van der Waals surface area contributed by atoms with E-state index in [0.29, 0.717) is 0 Å². The molecular weight excluding hydrogens is 254 g/mol. The standard InChI is InChI=1S/C6H10O7.Ga/c7-1-2(8)3(9)4(10)5(11)6(12)13;/h1-5,8-11H,(H,12,13);. The van der Waals surface area contributed by atoms with E-state index in [-0.39, 0.29) is 26.1 Å². The number of aliphatic hydroxyl groups excluding tert-OH is 4. The molecule has 7 nitrogen and oxygen atoms in total. The fourth-order valence-corrected chi connectivity index (χ4v) is 0.615. The van der Waals surface area contributed by atoms with E-state index in [1.54, 1.807) is 0 Å². The molecule has 14 heavy (non-hydrogen) atoms. The SMILES string of the molecule is O=CC(O)C(O)C(O)C(O)C(=O)O.[Ga]. The van der Waals surface area contributed by atoms with Gasteiger partial charge < -0.3 is 30.3 Å². The van der Waals surface area contributed by atoms with E-state index in [2.05, 4.69) is 0 Å². The van der Waals surface area contributed by atoms with Crippen LogP contribution in [0.5, 0.6) is 0 Å². The summed E-state index contributed by atoms with van der Waals surface area (Å²) in [7, 11) is 0. The van der Waals surface area contributed by atoms with Gasteiger partial charge in [0.1, 0.15) is 18.3 Å². The van der Waals surface area contributed by atoms with Gasteiger partial charge in [-0.15, -0.1) is 0 Å². The summed E-state index contributed by atoms with van der Waals surface area (Å²) in [6, 6.07) is 0. The van der Waals surface area contributed by atoms with Gasteiger partial charge in [-0.3, -0.25) is 0 Å². The predicted octanol–water partition coefficient (Wildman–Crippen LogP) is -3.67. The van der Waals surface area contributed by atoms with Crippen molar-refractivity contribution < 1.29 is 35.1 Å². The first-order chi connectivity index (χ1) is 5.91. The zero-order chi connectivity index (χ0) is 10.6. The molecule has 8 heteroatoms. The van der Waals surface area contributed by atoms with Crippen molar-refractivity contribution in [3.8, 4) is 0 Å². The van der Waals surface area contributed by atoms with Gasteiger partial charge in [0.15, 0.2) is 12.4 Å². The van der Waals surface area contributed by atoms with Crippen LogP contribution >= 0.6 is 0 Å². The third kappa shape index (κ3) is 4.22. The maximum atomic E-state index is 10.1. The van der Waals surface area contributed by atoms with Crippen molar-refractivity contribution in [1.29, 1.82) is 0 Å². The Kier molecular flexibility index (Phi) is 8.01. The van der Waals surface area contributed by atoms with Gasteiger partial charge in [0, 0.05) is 19.8 Å². The van der Waals surface area contributed by atoms with Gasteiger partial charge in [-0.25, -0.2) is 4.79 Å². The second kappa shape index (κ2) is 6.98. The van der Waals surface area contributed by atoms with Gasteiger partial charge in [0.05, 0.1) is 0 Å². The van der Waals surface area contributed by atoms with Crippen molar-refractivity contribution in [1.82, 2.24) is 0 Å². The molecule has 0 rings (SSSR count). The molecule has 4 atom stereocenters. The molecule has 0 spiro atoms. The van der Waals surface area contributed by atoms with E-state index in [4.69, 9.17) is 25.5 Å². The van der Waals surface area contributed by atoms with Crippen molar-refractivity contribution in [2.24, 2.45) is 0 Å². The van der Waals surface area contributed by atoms with Crippen LogP contribution in [0, 0.1) is 0 Å². The average Bonchev–Trinajstić information content (AvgIpc) is 2.12. The van der Waals surface area contributed by atoms with Gasteiger partial charge >= 0.3 is 5.97 Å². The Bertz CT molecular complexity index is 197. The number of carboxylic acid groups (broad SMARTS) is 1. The van der Waals surface area contributed by atoms with Gasteiger partial charge in [-0.2, -0.15) is 0 Å². The van der Waals surface area contributed by atoms with Crippen LogP contribution in [0.2, 0.25) is 0 Å². The van der Waals surface area contributed by atoms with Crippen LogP contribution in [0.15, 0.2) is 0 Å². The summed E-state index contributed by atoms with van der Waals surface area (Å²) >= 11 is 0. The van der Waals surface area contributed by atoms with Gasteiger partial charge in [-0.1, -0.05) is 0 Å². The van der Waals surface area contributed by atoms with Crippen molar-refractivity contribution in [3.05, 3.63) is 0 Å². The summed E-state index contributed by atoms with van der Waals surface area (Å²) in [5, 5.41) is 43.2. The zero-order valence-electron chi connectivity index (χ0n) is 7.02. The number of aldehydes is 1. The molecule has 0 aliphatic carbocycles. The molecule has 79 valence electrons. The van der Waals surface area contributed by atoms with Gasteiger partial charge in [-0.05, 0) is 0 Å². The molecule has 4 unspecified atom stereocenters. The molecule has 0 fully saturated rings. The summed E-state index contributed by atoms with van der Waals surface area (Å²) < 4.78 is 0. The normalized spacial score (nSPS) is 18.6. The second-order valence-electron chi connectivity index (χ2n) is 2.39. The summed E-state index contributed by atoms with van der Waals surface area (Å²) in [6.07, 6.45) is -8.39. The Hall–Kier alpha value is -0.384. The first-order valence-electron chi connectivity index (χ1n) is 3.32. The van der Waals surface area contributed by atoms with E-state index in [1.165, 1.54) is 0 Å². The van der Waals surface area contributed by atoms with Gasteiger partial charge in [0.25, 0.3) is 0 Å². The fraction of sp³-hybridized carbons (Fsp3) is 0.667. The topological polar surface area (TPSA) is 135 Å². The first-order valence-corrected chi connectivity index (χ1v) is 3.32. The third-order valence-corrected chi connectivity index (χ3v) is 1.42. The molecule has 0 aromatic rings. The minimum absolute atomic E-state index is 0. The largest absolute Gasteiger partial charge is 0.479 e. The molecule has 0 aromatic heterocycles. The monoisotopic (exact) mass is 263 g/mol.